The number of non-ortho nitro benzene ring substituents is 1. The molecule has 3 rings (SSSR count). The highest BCUT2D eigenvalue weighted by molar-refractivity contribution is 5.36. The fraction of sp³-hybridized carbons (Fsp3) is 0.625. The highest BCUT2D eigenvalue weighted by atomic mass is 16.7. The SMILES string of the molecule is C[C@@H]1ON(C(C)(C)C)[C@@H]2[C@@H]1CO[C@@]2(O)c1ccc([N+](=O)[O-])cc1. The third kappa shape index (κ3) is 2.53. The topological polar surface area (TPSA) is 85.1 Å². The summed E-state index contributed by atoms with van der Waals surface area (Å²) >= 11 is 0. The molecule has 7 heteroatoms. The van der Waals surface area contributed by atoms with E-state index in [1.54, 1.807) is 17.2 Å². The van der Waals surface area contributed by atoms with Gasteiger partial charge in [-0.2, -0.15) is 5.06 Å². The molecule has 23 heavy (non-hydrogen) atoms. The monoisotopic (exact) mass is 322 g/mol. The Kier molecular flexibility index (Phi) is 3.72. The van der Waals surface area contributed by atoms with Crippen molar-refractivity contribution in [3.8, 4) is 0 Å². The van der Waals surface area contributed by atoms with Crippen LogP contribution in [0, 0.1) is 16.0 Å². The van der Waals surface area contributed by atoms with E-state index in [1.165, 1.54) is 12.1 Å². The number of nitro benzene ring substituents is 1. The Morgan fingerprint density at radius 1 is 1.35 bits per heavy atom. The average Bonchev–Trinajstić information content (AvgIpc) is 2.99. The molecule has 2 fully saturated rings. The summed E-state index contributed by atoms with van der Waals surface area (Å²) in [6, 6.07) is 5.49. The van der Waals surface area contributed by atoms with Crippen molar-refractivity contribution in [3.05, 3.63) is 39.9 Å². The normalized spacial score (nSPS) is 34.6. The zero-order chi connectivity index (χ0) is 17.0. The smallest absolute Gasteiger partial charge is 0.269 e. The molecular formula is C16H22N2O5. The first kappa shape index (κ1) is 16.3. The van der Waals surface area contributed by atoms with Crippen molar-refractivity contribution in [2.24, 2.45) is 5.92 Å². The molecule has 2 saturated heterocycles. The summed E-state index contributed by atoms with van der Waals surface area (Å²) in [5.41, 5.74) is 0.175. The molecule has 126 valence electrons. The number of hydroxylamine groups is 2. The van der Waals surface area contributed by atoms with Crippen LogP contribution in [0.15, 0.2) is 24.3 Å². The number of rotatable bonds is 2. The summed E-state index contributed by atoms with van der Waals surface area (Å²) in [6.45, 7) is 8.38. The van der Waals surface area contributed by atoms with Crippen LogP contribution in [0.3, 0.4) is 0 Å². The Morgan fingerprint density at radius 3 is 2.48 bits per heavy atom. The van der Waals surface area contributed by atoms with E-state index in [9.17, 15) is 15.2 Å². The number of nitro groups is 1. The Labute approximate surface area is 134 Å². The van der Waals surface area contributed by atoms with Crippen LogP contribution in [0.5, 0.6) is 0 Å². The Bertz CT molecular complexity index is 612. The van der Waals surface area contributed by atoms with Crippen LogP contribution in [0.2, 0.25) is 0 Å². The van der Waals surface area contributed by atoms with Crippen LogP contribution in [0.4, 0.5) is 5.69 Å². The predicted octanol–water partition coefficient (Wildman–Crippen LogP) is 2.19. The van der Waals surface area contributed by atoms with Gasteiger partial charge in [0.1, 0.15) is 6.04 Å². The number of ether oxygens (including phenoxy) is 1. The zero-order valence-corrected chi connectivity index (χ0v) is 13.7. The zero-order valence-electron chi connectivity index (χ0n) is 13.7. The van der Waals surface area contributed by atoms with Gasteiger partial charge >= 0.3 is 0 Å². The van der Waals surface area contributed by atoms with Gasteiger partial charge in [0.2, 0.25) is 5.79 Å². The van der Waals surface area contributed by atoms with Crippen LogP contribution in [-0.4, -0.2) is 39.4 Å². The second kappa shape index (κ2) is 5.24. The van der Waals surface area contributed by atoms with Crippen molar-refractivity contribution in [1.82, 2.24) is 5.06 Å². The minimum absolute atomic E-state index is 0.0179. The summed E-state index contributed by atoms with van der Waals surface area (Å²) in [6.07, 6.45) is -0.0636. The third-order valence-corrected chi connectivity index (χ3v) is 4.59. The van der Waals surface area contributed by atoms with Crippen molar-refractivity contribution in [2.45, 2.75) is 51.2 Å². The fourth-order valence-electron chi connectivity index (χ4n) is 3.39. The average molecular weight is 322 g/mol. The van der Waals surface area contributed by atoms with Crippen LogP contribution in [-0.2, 0) is 15.4 Å². The van der Waals surface area contributed by atoms with E-state index in [-0.39, 0.29) is 29.3 Å². The molecule has 2 heterocycles. The first-order valence-electron chi connectivity index (χ1n) is 7.72. The molecule has 0 saturated carbocycles. The molecule has 7 nitrogen and oxygen atoms in total. The molecule has 2 aliphatic rings. The Balaban J connectivity index is 1.99. The quantitative estimate of drug-likeness (QED) is 0.663. The molecule has 0 spiro atoms. The summed E-state index contributed by atoms with van der Waals surface area (Å²) in [5.74, 6) is -1.51. The lowest BCUT2D eigenvalue weighted by Gasteiger charge is -2.40. The second-order valence-corrected chi connectivity index (χ2v) is 7.23. The van der Waals surface area contributed by atoms with Gasteiger partial charge < -0.3 is 9.84 Å². The largest absolute Gasteiger partial charge is 0.360 e. The van der Waals surface area contributed by atoms with E-state index in [0.717, 1.165) is 0 Å². The number of fused-ring (bicyclic) bond motifs is 1. The van der Waals surface area contributed by atoms with E-state index >= 15 is 0 Å². The third-order valence-electron chi connectivity index (χ3n) is 4.59. The van der Waals surface area contributed by atoms with E-state index in [1.807, 2.05) is 27.7 Å². The molecule has 0 bridgehead atoms. The van der Waals surface area contributed by atoms with Crippen LogP contribution in [0.25, 0.3) is 0 Å². The molecule has 0 aromatic heterocycles. The van der Waals surface area contributed by atoms with Gasteiger partial charge in [-0.25, -0.2) is 0 Å². The molecule has 1 aromatic carbocycles. The van der Waals surface area contributed by atoms with Gasteiger partial charge in [-0.3, -0.25) is 15.0 Å². The second-order valence-electron chi connectivity index (χ2n) is 7.23. The van der Waals surface area contributed by atoms with Crippen molar-refractivity contribution < 1.29 is 19.6 Å². The van der Waals surface area contributed by atoms with E-state index in [0.29, 0.717) is 12.2 Å². The van der Waals surface area contributed by atoms with E-state index in [4.69, 9.17) is 9.57 Å². The highest BCUT2D eigenvalue weighted by Crippen LogP contribution is 2.48. The molecule has 0 radical (unpaired) electrons. The number of hydrogen-bond donors (Lipinski definition) is 1. The number of nitrogens with zero attached hydrogens (tertiary/aromatic N) is 2. The van der Waals surface area contributed by atoms with Crippen LogP contribution < -0.4 is 0 Å². The van der Waals surface area contributed by atoms with Gasteiger partial charge in [0, 0.05) is 29.2 Å². The minimum Gasteiger partial charge on any atom is -0.360 e. The fourth-order valence-corrected chi connectivity index (χ4v) is 3.39. The molecular weight excluding hydrogens is 300 g/mol. The lowest BCUT2D eigenvalue weighted by Crippen LogP contribution is -2.53. The first-order chi connectivity index (χ1) is 10.6. The van der Waals surface area contributed by atoms with Gasteiger partial charge in [0.05, 0.1) is 17.6 Å². The van der Waals surface area contributed by atoms with E-state index < -0.39 is 10.7 Å². The molecule has 0 amide bonds. The Morgan fingerprint density at radius 2 is 1.96 bits per heavy atom. The van der Waals surface area contributed by atoms with Crippen LogP contribution in [0.1, 0.15) is 33.3 Å². The van der Waals surface area contributed by atoms with Crippen molar-refractivity contribution in [1.29, 1.82) is 0 Å². The molecule has 1 N–H and O–H groups in total. The molecule has 4 atom stereocenters. The van der Waals surface area contributed by atoms with Gasteiger partial charge in [-0.05, 0) is 39.8 Å². The first-order valence-corrected chi connectivity index (χ1v) is 7.72. The summed E-state index contributed by atoms with van der Waals surface area (Å²) in [7, 11) is 0. The van der Waals surface area contributed by atoms with E-state index in [2.05, 4.69) is 0 Å². The number of aliphatic hydroxyl groups is 1. The number of hydrogen-bond acceptors (Lipinski definition) is 6. The maximum absolute atomic E-state index is 11.2. The molecule has 0 unspecified atom stereocenters. The Hall–Kier alpha value is -1.54. The van der Waals surface area contributed by atoms with Crippen molar-refractivity contribution in [2.75, 3.05) is 6.61 Å². The highest BCUT2D eigenvalue weighted by Gasteiger charge is 2.61. The minimum atomic E-state index is -1.54. The van der Waals surface area contributed by atoms with Gasteiger partial charge in [-0.1, -0.05) is 0 Å². The molecule has 0 aliphatic carbocycles. The van der Waals surface area contributed by atoms with Crippen molar-refractivity contribution in [3.63, 3.8) is 0 Å². The predicted molar refractivity (Wildman–Crippen MR) is 82.4 cm³/mol. The van der Waals surface area contributed by atoms with Crippen molar-refractivity contribution >= 4 is 5.69 Å². The van der Waals surface area contributed by atoms with Gasteiger partial charge in [-0.15, -0.1) is 0 Å². The summed E-state index contributed by atoms with van der Waals surface area (Å²) < 4.78 is 5.75. The maximum Gasteiger partial charge on any atom is 0.269 e. The molecule has 2 aliphatic heterocycles. The lowest BCUT2D eigenvalue weighted by molar-refractivity contribution is -0.384. The van der Waals surface area contributed by atoms with Gasteiger partial charge in [0.15, 0.2) is 0 Å². The lowest BCUT2D eigenvalue weighted by atomic mass is 9.87. The summed E-state index contributed by atoms with van der Waals surface area (Å²) in [5, 5.41) is 23.8. The number of benzene rings is 1. The molecule has 1 aromatic rings. The summed E-state index contributed by atoms with van der Waals surface area (Å²) in [4.78, 5) is 16.3. The maximum atomic E-state index is 11.2. The van der Waals surface area contributed by atoms with Crippen LogP contribution >= 0.6 is 0 Å². The standard InChI is InChI=1S/C16H22N2O5/c1-10-13-9-22-16(19,14(13)17(23-10)15(2,3)4)11-5-7-12(8-6-11)18(20)21/h5-8,10,13-14,19H,9H2,1-4H3/t10-,13+,14+,16-/m0/s1. The van der Waals surface area contributed by atoms with Gasteiger partial charge in [0.25, 0.3) is 5.69 Å².